The van der Waals surface area contributed by atoms with Gasteiger partial charge in [-0.1, -0.05) is 0 Å². The van der Waals surface area contributed by atoms with Gasteiger partial charge in [0.1, 0.15) is 11.6 Å². The van der Waals surface area contributed by atoms with Crippen LogP contribution in [0.1, 0.15) is 50.0 Å². The Balaban J connectivity index is 1.47. The summed E-state index contributed by atoms with van der Waals surface area (Å²) in [5.41, 5.74) is 0.444. The van der Waals surface area contributed by atoms with Gasteiger partial charge in [0.05, 0.1) is 5.92 Å². The summed E-state index contributed by atoms with van der Waals surface area (Å²) < 4.78 is 29.3. The molecule has 2 amide bonds. The van der Waals surface area contributed by atoms with E-state index in [1.54, 1.807) is 0 Å². The van der Waals surface area contributed by atoms with Crippen LogP contribution in [0, 0.1) is 23.0 Å². The van der Waals surface area contributed by atoms with Gasteiger partial charge >= 0.3 is 0 Å². The van der Waals surface area contributed by atoms with Crippen molar-refractivity contribution in [2.45, 2.75) is 44.4 Å². The lowest BCUT2D eigenvalue weighted by molar-refractivity contribution is -0.134. The fourth-order valence-electron chi connectivity index (χ4n) is 4.79. The zero-order valence-corrected chi connectivity index (χ0v) is 15.1. The van der Waals surface area contributed by atoms with Gasteiger partial charge in [-0.05, 0) is 50.2 Å². The summed E-state index contributed by atoms with van der Waals surface area (Å²) in [7, 11) is 0. The molecule has 1 aromatic carbocycles. The maximum absolute atomic E-state index is 14.7. The highest BCUT2D eigenvalue weighted by Gasteiger charge is 2.45. The SMILES string of the molecule is O=C1CCC(c2c(F)cc(N3CC4(CCC(CO)CC4)C3)cc2F)C(=O)N1. The smallest absolute Gasteiger partial charge is 0.234 e. The molecular formula is C20H24F2N2O3. The third-order valence-electron chi connectivity index (χ3n) is 6.49. The van der Waals surface area contributed by atoms with Crippen molar-refractivity contribution in [2.75, 3.05) is 24.6 Å². The van der Waals surface area contributed by atoms with E-state index in [1.165, 1.54) is 12.1 Å². The summed E-state index contributed by atoms with van der Waals surface area (Å²) in [5, 5.41) is 11.4. The number of aliphatic hydroxyl groups excluding tert-OH is 1. The van der Waals surface area contributed by atoms with Crippen molar-refractivity contribution in [2.24, 2.45) is 11.3 Å². The van der Waals surface area contributed by atoms with Crippen molar-refractivity contribution in [1.82, 2.24) is 5.32 Å². The topological polar surface area (TPSA) is 69.6 Å². The standard InChI is InChI=1S/C20H24F2N2O3/c21-15-7-13(24-10-20(11-24)5-3-12(9-25)4-6-20)8-16(22)18(15)14-1-2-17(26)23-19(14)27/h7-8,12,14,25H,1-6,9-11H2,(H,23,26,27). The molecule has 1 unspecified atom stereocenters. The maximum atomic E-state index is 14.7. The van der Waals surface area contributed by atoms with E-state index in [-0.39, 0.29) is 30.4 Å². The van der Waals surface area contributed by atoms with Gasteiger partial charge in [-0.3, -0.25) is 14.9 Å². The van der Waals surface area contributed by atoms with Gasteiger partial charge in [0.2, 0.25) is 11.8 Å². The fraction of sp³-hybridized carbons (Fsp3) is 0.600. The molecule has 0 bridgehead atoms. The molecule has 27 heavy (non-hydrogen) atoms. The zero-order valence-electron chi connectivity index (χ0n) is 15.1. The van der Waals surface area contributed by atoms with Crippen molar-refractivity contribution in [3.8, 4) is 0 Å². The maximum Gasteiger partial charge on any atom is 0.234 e. The Labute approximate surface area is 156 Å². The lowest BCUT2D eigenvalue weighted by atomic mass is 9.66. The van der Waals surface area contributed by atoms with E-state index in [1.807, 2.05) is 4.90 Å². The third-order valence-corrected chi connectivity index (χ3v) is 6.49. The van der Waals surface area contributed by atoms with Crippen molar-refractivity contribution < 1.29 is 23.5 Å². The normalized spacial score (nSPS) is 25.4. The molecule has 1 spiro atoms. The number of imide groups is 1. The summed E-state index contributed by atoms with van der Waals surface area (Å²) in [6.45, 7) is 1.77. The van der Waals surface area contributed by atoms with E-state index in [4.69, 9.17) is 0 Å². The highest BCUT2D eigenvalue weighted by Crippen LogP contribution is 2.47. The molecule has 7 heteroatoms. The van der Waals surface area contributed by atoms with Gasteiger partial charge in [0.25, 0.3) is 0 Å². The first kappa shape index (κ1) is 18.3. The van der Waals surface area contributed by atoms with Crippen LogP contribution in [-0.2, 0) is 9.59 Å². The van der Waals surface area contributed by atoms with Gasteiger partial charge < -0.3 is 10.0 Å². The summed E-state index contributed by atoms with van der Waals surface area (Å²) >= 11 is 0. The van der Waals surface area contributed by atoms with Gasteiger partial charge in [0, 0.05) is 42.8 Å². The number of hydrogen-bond donors (Lipinski definition) is 2. The van der Waals surface area contributed by atoms with Crippen LogP contribution < -0.4 is 10.2 Å². The van der Waals surface area contributed by atoms with Crippen LogP contribution in [-0.4, -0.2) is 36.6 Å². The molecule has 0 aromatic heterocycles. The van der Waals surface area contributed by atoms with Crippen LogP contribution in [0.3, 0.4) is 0 Å². The molecule has 0 radical (unpaired) electrons. The Morgan fingerprint density at radius 1 is 1.11 bits per heavy atom. The number of rotatable bonds is 3. The number of anilines is 1. The Kier molecular flexibility index (Phi) is 4.66. The molecule has 1 aromatic rings. The number of aliphatic hydroxyl groups is 1. The summed E-state index contributed by atoms with van der Waals surface area (Å²) in [4.78, 5) is 25.2. The van der Waals surface area contributed by atoms with Gasteiger partial charge in [-0.2, -0.15) is 0 Å². The molecule has 2 N–H and O–H groups in total. The second-order valence-electron chi connectivity index (χ2n) is 8.31. The van der Waals surface area contributed by atoms with Crippen LogP contribution in [0.2, 0.25) is 0 Å². The predicted octanol–water partition coefficient (Wildman–Crippen LogP) is 2.47. The molecule has 3 aliphatic rings. The number of piperidine rings is 1. The minimum absolute atomic E-state index is 0.0838. The highest BCUT2D eigenvalue weighted by molar-refractivity contribution is 6.01. The summed E-state index contributed by atoms with van der Waals surface area (Å²) in [6.07, 6.45) is 4.28. The summed E-state index contributed by atoms with van der Waals surface area (Å²) in [5.74, 6) is -3.09. The molecule has 2 heterocycles. The average Bonchev–Trinajstić information content (AvgIpc) is 2.61. The highest BCUT2D eigenvalue weighted by atomic mass is 19.1. The molecule has 3 fully saturated rings. The predicted molar refractivity (Wildman–Crippen MR) is 95.2 cm³/mol. The van der Waals surface area contributed by atoms with Gasteiger partial charge in [0.15, 0.2) is 0 Å². The Bertz CT molecular complexity index is 743. The Morgan fingerprint density at radius 3 is 2.30 bits per heavy atom. The van der Waals surface area contributed by atoms with Crippen LogP contribution in [0.4, 0.5) is 14.5 Å². The molecule has 4 rings (SSSR count). The van der Waals surface area contributed by atoms with Gasteiger partial charge in [-0.25, -0.2) is 8.78 Å². The number of halogens is 2. The van der Waals surface area contributed by atoms with Crippen molar-refractivity contribution >= 4 is 17.5 Å². The number of nitrogens with zero attached hydrogens (tertiary/aromatic N) is 1. The van der Waals surface area contributed by atoms with E-state index in [2.05, 4.69) is 5.32 Å². The largest absolute Gasteiger partial charge is 0.396 e. The number of nitrogens with one attached hydrogen (secondary N) is 1. The number of carbonyl (C=O) groups excluding carboxylic acids is 2. The van der Waals surface area contributed by atoms with E-state index in [0.717, 1.165) is 38.8 Å². The quantitative estimate of drug-likeness (QED) is 0.793. The first-order valence-corrected chi connectivity index (χ1v) is 9.59. The van der Waals surface area contributed by atoms with E-state index in [0.29, 0.717) is 11.6 Å². The summed E-state index contributed by atoms with van der Waals surface area (Å²) in [6, 6.07) is 2.60. The second kappa shape index (κ2) is 6.86. The monoisotopic (exact) mass is 378 g/mol. The van der Waals surface area contributed by atoms with Crippen LogP contribution in [0.25, 0.3) is 0 Å². The lowest BCUT2D eigenvalue weighted by Crippen LogP contribution is -2.58. The molecule has 1 aliphatic carbocycles. The molecule has 1 saturated carbocycles. The van der Waals surface area contributed by atoms with Crippen molar-refractivity contribution in [3.63, 3.8) is 0 Å². The van der Waals surface area contributed by atoms with Crippen LogP contribution in [0.5, 0.6) is 0 Å². The minimum Gasteiger partial charge on any atom is -0.396 e. The number of carbonyl (C=O) groups is 2. The lowest BCUT2D eigenvalue weighted by Gasteiger charge is -2.54. The van der Waals surface area contributed by atoms with Crippen molar-refractivity contribution in [1.29, 1.82) is 0 Å². The van der Waals surface area contributed by atoms with Gasteiger partial charge in [-0.15, -0.1) is 0 Å². The molecule has 146 valence electrons. The fourth-order valence-corrected chi connectivity index (χ4v) is 4.79. The van der Waals surface area contributed by atoms with Crippen molar-refractivity contribution in [3.05, 3.63) is 29.3 Å². The van der Waals surface area contributed by atoms with E-state index in [9.17, 15) is 23.5 Å². The number of benzene rings is 1. The molecule has 2 aliphatic heterocycles. The first-order chi connectivity index (χ1) is 12.9. The second-order valence-corrected chi connectivity index (χ2v) is 8.31. The molecular weight excluding hydrogens is 354 g/mol. The zero-order chi connectivity index (χ0) is 19.2. The molecule has 1 atom stereocenters. The van der Waals surface area contributed by atoms with Crippen LogP contribution in [0.15, 0.2) is 12.1 Å². The molecule has 2 saturated heterocycles. The Hall–Kier alpha value is -2.02. The average molecular weight is 378 g/mol. The Morgan fingerprint density at radius 2 is 1.74 bits per heavy atom. The third kappa shape index (κ3) is 3.33. The first-order valence-electron chi connectivity index (χ1n) is 9.59. The molecule has 5 nitrogen and oxygen atoms in total. The number of amides is 2. The van der Waals surface area contributed by atoms with E-state index >= 15 is 0 Å². The minimum atomic E-state index is -0.965. The van der Waals surface area contributed by atoms with E-state index < -0.39 is 29.4 Å². The number of hydrogen-bond acceptors (Lipinski definition) is 4. The van der Waals surface area contributed by atoms with Crippen LogP contribution >= 0.6 is 0 Å².